The first-order chi connectivity index (χ1) is 6.99. The summed E-state index contributed by atoms with van der Waals surface area (Å²) in [6, 6.07) is 0. The van der Waals surface area contributed by atoms with Crippen LogP contribution < -0.4 is 0 Å². The van der Waals surface area contributed by atoms with E-state index in [0.717, 1.165) is 25.9 Å². The highest BCUT2D eigenvalue weighted by Crippen LogP contribution is 2.34. The number of hydrogen-bond acceptors (Lipinski definition) is 2. The second-order valence-corrected chi connectivity index (χ2v) is 5.52. The predicted molar refractivity (Wildman–Crippen MR) is 64.0 cm³/mol. The van der Waals surface area contributed by atoms with Crippen molar-refractivity contribution >= 4 is 6.29 Å². The van der Waals surface area contributed by atoms with Gasteiger partial charge in [0.2, 0.25) is 0 Å². The Morgan fingerprint density at radius 1 is 1.33 bits per heavy atom. The fourth-order valence-electron chi connectivity index (χ4n) is 2.51. The molecule has 15 heavy (non-hydrogen) atoms. The van der Waals surface area contributed by atoms with E-state index in [1.54, 1.807) is 0 Å². The minimum absolute atomic E-state index is 0.110. The van der Waals surface area contributed by atoms with Crippen LogP contribution in [0.2, 0.25) is 0 Å². The molecule has 0 amide bonds. The van der Waals surface area contributed by atoms with Crippen LogP contribution in [0.4, 0.5) is 0 Å². The lowest BCUT2D eigenvalue weighted by Crippen LogP contribution is -2.45. The van der Waals surface area contributed by atoms with Crippen molar-refractivity contribution in [3.8, 4) is 0 Å². The molecule has 0 aliphatic carbocycles. The van der Waals surface area contributed by atoms with Crippen molar-refractivity contribution in [1.29, 1.82) is 0 Å². The monoisotopic (exact) mass is 211 g/mol. The Kier molecular flexibility index (Phi) is 3.93. The third-order valence-electron chi connectivity index (χ3n) is 4.24. The lowest BCUT2D eigenvalue weighted by molar-refractivity contribution is -0.118. The van der Waals surface area contributed by atoms with Crippen LogP contribution >= 0.6 is 0 Å². The number of likely N-dealkylation sites (tertiary alicyclic amines) is 1. The molecule has 0 N–H and O–H groups in total. The molecule has 1 saturated heterocycles. The summed E-state index contributed by atoms with van der Waals surface area (Å²) in [7, 11) is 0. The third kappa shape index (κ3) is 2.60. The van der Waals surface area contributed by atoms with E-state index in [0.29, 0.717) is 5.54 Å². The number of aldehydes is 1. The Bertz CT molecular complexity index is 219. The van der Waals surface area contributed by atoms with Gasteiger partial charge in [-0.25, -0.2) is 0 Å². The third-order valence-corrected chi connectivity index (χ3v) is 4.24. The van der Waals surface area contributed by atoms with Gasteiger partial charge in [-0.2, -0.15) is 0 Å². The average molecular weight is 211 g/mol. The molecule has 0 spiro atoms. The average Bonchev–Trinajstić information content (AvgIpc) is 2.55. The Morgan fingerprint density at radius 3 is 2.27 bits per heavy atom. The molecule has 1 aliphatic heterocycles. The first-order valence-electron chi connectivity index (χ1n) is 6.21. The minimum atomic E-state index is -0.110. The van der Waals surface area contributed by atoms with E-state index in [1.165, 1.54) is 19.1 Å². The first kappa shape index (κ1) is 12.7. The largest absolute Gasteiger partial charge is 0.303 e. The van der Waals surface area contributed by atoms with E-state index in [1.807, 2.05) is 0 Å². The second kappa shape index (κ2) is 4.65. The van der Waals surface area contributed by atoms with Crippen LogP contribution in [0, 0.1) is 5.41 Å². The van der Waals surface area contributed by atoms with Crippen LogP contribution in [0.3, 0.4) is 0 Å². The summed E-state index contributed by atoms with van der Waals surface area (Å²) >= 11 is 0. The molecule has 88 valence electrons. The highest BCUT2D eigenvalue weighted by molar-refractivity contribution is 5.59. The van der Waals surface area contributed by atoms with Gasteiger partial charge < -0.3 is 4.79 Å². The zero-order valence-corrected chi connectivity index (χ0v) is 10.7. The fourth-order valence-corrected chi connectivity index (χ4v) is 2.51. The second-order valence-electron chi connectivity index (χ2n) is 5.52. The standard InChI is InChI=1S/C13H25NO/c1-5-13(6-2,11-15)10-14-9-7-8-12(14,3)4/h11H,5-10H2,1-4H3. The molecule has 0 unspecified atom stereocenters. The van der Waals surface area contributed by atoms with Crippen LogP contribution in [0.25, 0.3) is 0 Å². The zero-order chi connectivity index (χ0) is 11.5. The van der Waals surface area contributed by atoms with Crippen LogP contribution in [0.15, 0.2) is 0 Å². The number of nitrogens with zero attached hydrogens (tertiary/aromatic N) is 1. The zero-order valence-electron chi connectivity index (χ0n) is 10.7. The molecular weight excluding hydrogens is 186 g/mol. The number of carbonyl (C=O) groups excluding carboxylic acids is 1. The molecule has 1 rings (SSSR count). The van der Waals surface area contributed by atoms with Crippen LogP contribution in [0.5, 0.6) is 0 Å². The molecule has 0 aromatic carbocycles. The molecular formula is C13H25NO. The van der Waals surface area contributed by atoms with Gasteiger partial charge in [0, 0.05) is 17.5 Å². The van der Waals surface area contributed by atoms with Crippen LogP contribution in [-0.4, -0.2) is 29.8 Å². The number of carbonyl (C=O) groups is 1. The summed E-state index contributed by atoms with van der Waals surface area (Å²) in [6.07, 6.45) is 5.63. The normalized spacial score (nSPS) is 21.9. The quantitative estimate of drug-likeness (QED) is 0.652. The van der Waals surface area contributed by atoms with E-state index < -0.39 is 0 Å². The first-order valence-corrected chi connectivity index (χ1v) is 6.21. The van der Waals surface area contributed by atoms with Gasteiger partial charge >= 0.3 is 0 Å². The topological polar surface area (TPSA) is 20.3 Å². The summed E-state index contributed by atoms with van der Waals surface area (Å²) in [5.41, 5.74) is 0.181. The van der Waals surface area contributed by atoms with Gasteiger partial charge in [-0.1, -0.05) is 13.8 Å². The SMILES string of the molecule is CCC(C=O)(CC)CN1CCCC1(C)C. The van der Waals surface area contributed by atoms with E-state index >= 15 is 0 Å². The maximum absolute atomic E-state index is 11.3. The smallest absolute Gasteiger partial charge is 0.127 e. The molecule has 2 nitrogen and oxygen atoms in total. The summed E-state index contributed by atoms with van der Waals surface area (Å²) in [5.74, 6) is 0. The molecule has 0 saturated carbocycles. The van der Waals surface area contributed by atoms with E-state index in [2.05, 4.69) is 32.6 Å². The molecule has 0 aromatic rings. The Hall–Kier alpha value is -0.370. The predicted octanol–water partition coefficient (Wildman–Crippen LogP) is 2.87. The van der Waals surface area contributed by atoms with Crippen molar-refractivity contribution in [3.05, 3.63) is 0 Å². The Labute approximate surface area is 94.0 Å². The Balaban J connectivity index is 2.70. The maximum Gasteiger partial charge on any atom is 0.127 e. The fraction of sp³-hybridized carbons (Fsp3) is 0.923. The minimum Gasteiger partial charge on any atom is -0.303 e. The van der Waals surface area contributed by atoms with Gasteiger partial charge in [0.05, 0.1) is 0 Å². The summed E-state index contributed by atoms with van der Waals surface area (Å²) in [6.45, 7) is 10.9. The molecule has 0 radical (unpaired) electrons. The lowest BCUT2D eigenvalue weighted by Gasteiger charge is -2.38. The molecule has 0 atom stereocenters. The van der Waals surface area contributed by atoms with Gasteiger partial charge in [0.15, 0.2) is 0 Å². The van der Waals surface area contributed by atoms with Crippen molar-refractivity contribution in [2.75, 3.05) is 13.1 Å². The van der Waals surface area contributed by atoms with Crippen molar-refractivity contribution < 1.29 is 4.79 Å². The van der Waals surface area contributed by atoms with Crippen LogP contribution in [-0.2, 0) is 4.79 Å². The summed E-state index contributed by atoms with van der Waals surface area (Å²) in [4.78, 5) is 13.8. The van der Waals surface area contributed by atoms with Crippen molar-refractivity contribution in [2.45, 2.75) is 58.9 Å². The maximum atomic E-state index is 11.3. The summed E-state index contributed by atoms with van der Waals surface area (Å²) < 4.78 is 0. The highest BCUT2D eigenvalue weighted by atomic mass is 16.1. The molecule has 2 heteroatoms. The van der Waals surface area contributed by atoms with E-state index in [-0.39, 0.29) is 5.41 Å². The Morgan fingerprint density at radius 2 is 1.93 bits per heavy atom. The highest BCUT2D eigenvalue weighted by Gasteiger charge is 2.37. The number of hydrogen-bond donors (Lipinski definition) is 0. The van der Waals surface area contributed by atoms with Gasteiger partial charge in [0.1, 0.15) is 6.29 Å². The van der Waals surface area contributed by atoms with Crippen molar-refractivity contribution in [2.24, 2.45) is 5.41 Å². The number of rotatable bonds is 5. The molecule has 1 heterocycles. The van der Waals surface area contributed by atoms with Crippen molar-refractivity contribution in [3.63, 3.8) is 0 Å². The van der Waals surface area contributed by atoms with Crippen LogP contribution in [0.1, 0.15) is 53.4 Å². The van der Waals surface area contributed by atoms with E-state index in [9.17, 15) is 4.79 Å². The lowest BCUT2D eigenvalue weighted by atomic mass is 9.82. The van der Waals surface area contributed by atoms with Crippen molar-refractivity contribution in [1.82, 2.24) is 4.90 Å². The molecule has 0 bridgehead atoms. The van der Waals surface area contributed by atoms with E-state index in [4.69, 9.17) is 0 Å². The molecule has 1 aliphatic rings. The van der Waals surface area contributed by atoms with Gasteiger partial charge in [0.25, 0.3) is 0 Å². The van der Waals surface area contributed by atoms with Gasteiger partial charge in [-0.15, -0.1) is 0 Å². The van der Waals surface area contributed by atoms with Gasteiger partial charge in [-0.3, -0.25) is 4.90 Å². The van der Waals surface area contributed by atoms with Gasteiger partial charge in [-0.05, 0) is 46.1 Å². The summed E-state index contributed by atoms with van der Waals surface area (Å²) in [5, 5.41) is 0. The molecule has 1 fully saturated rings. The molecule has 0 aromatic heterocycles.